The van der Waals surface area contributed by atoms with Crippen LogP contribution in [0.3, 0.4) is 0 Å². The Bertz CT molecular complexity index is 1220. The molecule has 5 rings (SSSR count). The lowest BCUT2D eigenvalue weighted by Gasteiger charge is -2.30. The molecule has 0 atom stereocenters. The van der Waals surface area contributed by atoms with Crippen LogP contribution in [0.5, 0.6) is 0 Å². The summed E-state index contributed by atoms with van der Waals surface area (Å²) in [6, 6.07) is 18.7. The Labute approximate surface area is 193 Å². The van der Waals surface area contributed by atoms with E-state index < -0.39 is 0 Å². The van der Waals surface area contributed by atoms with Crippen molar-refractivity contribution in [1.82, 2.24) is 20.1 Å². The number of benzene rings is 2. The number of para-hydroxylation sites is 2. The Kier molecular flexibility index (Phi) is 5.86. The van der Waals surface area contributed by atoms with Gasteiger partial charge in [0.25, 0.3) is 6.01 Å². The third-order valence-corrected chi connectivity index (χ3v) is 6.56. The second-order valence-electron chi connectivity index (χ2n) is 8.74. The highest BCUT2D eigenvalue weighted by Gasteiger charge is 2.27. The fourth-order valence-corrected chi connectivity index (χ4v) is 4.55. The fraction of sp³-hybridized carbons (Fsp3) is 0.346. The molecular weight excluding hydrogens is 414 g/mol. The molecule has 1 aliphatic heterocycles. The number of aryl methyl sites for hydroxylation is 1. The van der Waals surface area contributed by atoms with E-state index in [1.54, 1.807) is 0 Å². The van der Waals surface area contributed by atoms with E-state index in [-0.39, 0.29) is 11.8 Å². The number of carbonyl (C=O) groups excluding carboxylic acids is 1. The van der Waals surface area contributed by atoms with Crippen molar-refractivity contribution < 1.29 is 9.21 Å². The molecule has 1 fully saturated rings. The van der Waals surface area contributed by atoms with E-state index >= 15 is 0 Å². The number of aromatic nitrogens is 3. The van der Waals surface area contributed by atoms with Crippen LogP contribution in [0.2, 0.25) is 0 Å². The first-order valence-electron chi connectivity index (χ1n) is 11.5. The number of carbonyl (C=O) groups is 1. The molecule has 1 amide bonds. The molecule has 2 aromatic heterocycles. The number of amides is 1. The third kappa shape index (κ3) is 4.49. The molecule has 0 bridgehead atoms. The molecule has 2 aromatic carbocycles. The smallest absolute Gasteiger partial charge is 0.298 e. The third-order valence-electron chi connectivity index (χ3n) is 6.56. The van der Waals surface area contributed by atoms with Crippen LogP contribution >= 0.6 is 0 Å². The van der Waals surface area contributed by atoms with Gasteiger partial charge in [-0.1, -0.05) is 42.5 Å². The summed E-state index contributed by atoms with van der Waals surface area (Å²) in [6.07, 6.45) is 1.57. The van der Waals surface area contributed by atoms with Crippen molar-refractivity contribution in [2.24, 2.45) is 5.92 Å². The maximum Gasteiger partial charge on any atom is 0.298 e. The van der Waals surface area contributed by atoms with Crippen molar-refractivity contribution in [3.8, 4) is 0 Å². The van der Waals surface area contributed by atoms with Gasteiger partial charge < -0.3 is 14.6 Å². The molecule has 0 spiro atoms. The molecule has 170 valence electrons. The second-order valence-corrected chi connectivity index (χ2v) is 8.74. The minimum atomic E-state index is 0.00519. The Morgan fingerprint density at radius 3 is 2.55 bits per heavy atom. The van der Waals surface area contributed by atoms with Gasteiger partial charge in [0.05, 0.1) is 12.2 Å². The van der Waals surface area contributed by atoms with Crippen LogP contribution in [0.1, 0.15) is 35.4 Å². The van der Waals surface area contributed by atoms with Gasteiger partial charge in [0.1, 0.15) is 5.52 Å². The van der Waals surface area contributed by atoms with Gasteiger partial charge in [0, 0.05) is 36.8 Å². The summed E-state index contributed by atoms with van der Waals surface area (Å²) in [5, 5.41) is 7.85. The number of nitrogens with one attached hydrogen (secondary N) is 1. The van der Waals surface area contributed by atoms with Crippen LogP contribution in [0, 0.1) is 19.8 Å². The number of anilines is 1. The largest absolute Gasteiger partial charge is 0.423 e. The van der Waals surface area contributed by atoms with Crippen LogP contribution < -0.4 is 10.2 Å². The van der Waals surface area contributed by atoms with Crippen LogP contribution in [-0.2, 0) is 17.9 Å². The number of hydrogen-bond acceptors (Lipinski definition) is 5. The molecule has 3 heterocycles. The summed E-state index contributed by atoms with van der Waals surface area (Å²) in [6.45, 7) is 6.85. The molecule has 0 unspecified atom stereocenters. The number of rotatable bonds is 6. The lowest BCUT2D eigenvalue weighted by atomic mass is 9.96. The monoisotopic (exact) mass is 443 g/mol. The maximum atomic E-state index is 12.9. The van der Waals surface area contributed by atoms with E-state index in [0.29, 0.717) is 12.6 Å². The topological polar surface area (TPSA) is 76.2 Å². The Morgan fingerprint density at radius 2 is 1.79 bits per heavy atom. The van der Waals surface area contributed by atoms with E-state index in [4.69, 9.17) is 9.52 Å². The second kappa shape index (κ2) is 9.10. The van der Waals surface area contributed by atoms with Gasteiger partial charge in [0.15, 0.2) is 5.58 Å². The van der Waals surface area contributed by atoms with E-state index in [0.717, 1.165) is 60.5 Å². The van der Waals surface area contributed by atoms with Gasteiger partial charge in [0.2, 0.25) is 5.91 Å². The highest BCUT2D eigenvalue weighted by molar-refractivity contribution is 5.79. The van der Waals surface area contributed by atoms with Gasteiger partial charge in [-0.05, 0) is 44.4 Å². The highest BCUT2D eigenvalue weighted by atomic mass is 16.4. The maximum absolute atomic E-state index is 12.9. The van der Waals surface area contributed by atoms with Crippen molar-refractivity contribution in [3.63, 3.8) is 0 Å². The normalized spacial score (nSPS) is 14.7. The van der Waals surface area contributed by atoms with Crippen molar-refractivity contribution in [2.75, 3.05) is 18.0 Å². The van der Waals surface area contributed by atoms with Gasteiger partial charge in [-0.15, -0.1) is 0 Å². The minimum absolute atomic E-state index is 0.00519. The number of hydrogen-bond donors (Lipinski definition) is 1. The van der Waals surface area contributed by atoms with Gasteiger partial charge in [-0.2, -0.15) is 10.1 Å². The molecule has 1 aliphatic rings. The Hall–Kier alpha value is -3.61. The summed E-state index contributed by atoms with van der Waals surface area (Å²) in [5.74, 6) is 0.118. The quantitative estimate of drug-likeness (QED) is 0.483. The summed E-state index contributed by atoms with van der Waals surface area (Å²) >= 11 is 0. The van der Waals surface area contributed by atoms with Crippen LogP contribution in [-0.4, -0.2) is 33.8 Å². The van der Waals surface area contributed by atoms with E-state index in [2.05, 4.69) is 34.3 Å². The van der Waals surface area contributed by atoms with E-state index in [9.17, 15) is 4.79 Å². The number of nitrogens with zero attached hydrogens (tertiary/aromatic N) is 4. The molecule has 7 nitrogen and oxygen atoms in total. The fourth-order valence-electron chi connectivity index (χ4n) is 4.55. The molecular formula is C26H29N5O2. The predicted molar refractivity (Wildman–Crippen MR) is 128 cm³/mol. The first-order chi connectivity index (χ1) is 16.1. The summed E-state index contributed by atoms with van der Waals surface area (Å²) in [7, 11) is 0. The molecule has 33 heavy (non-hydrogen) atoms. The Balaban J connectivity index is 1.16. The van der Waals surface area contributed by atoms with Crippen molar-refractivity contribution in [2.45, 2.75) is 39.8 Å². The number of fused-ring (bicyclic) bond motifs is 1. The first kappa shape index (κ1) is 21.2. The molecule has 1 saturated heterocycles. The molecule has 1 N–H and O–H groups in total. The van der Waals surface area contributed by atoms with E-state index in [1.807, 2.05) is 54.1 Å². The first-order valence-corrected chi connectivity index (χ1v) is 11.5. The van der Waals surface area contributed by atoms with Gasteiger partial charge in [-0.25, -0.2) is 0 Å². The molecule has 0 aliphatic carbocycles. The number of piperidine rings is 1. The molecule has 7 heteroatoms. The zero-order valence-electron chi connectivity index (χ0n) is 19.1. The van der Waals surface area contributed by atoms with Crippen molar-refractivity contribution >= 4 is 23.0 Å². The van der Waals surface area contributed by atoms with Crippen LogP contribution in [0.15, 0.2) is 59.0 Å². The zero-order valence-corrected chi connectivity index (χ0v) is 19.1. The summed E-state index contributed by atoms with van der Waals surface area (Å²) in [5.41, 5.74) is 6.04. The standard InChI is InChI=1S/C26H29N5O2/c1-18-22(19(2)31(29-18)17-20-8-4-3-5-9-20)16-27-25(32)21-12-14-30(15-13-21)26-28-23-10-6-7-11-24(23)33-26/h3-11,21H,12-17H2,1-2H3,(H,27,32). The van der Waals surface area contributed by atoms with Crippen LogP contribution in [0.25, 0.3) is 11.1 Å². The SMILES string of the molecule is Cc1nn(Cc2ccccc2)c(C)c1CNC(=O)C1CCN(c2nc3ccccc3o2)CC1. The lowest BCUT2D eigenvalue weighted by molar-refractivity contribution is -0.125. The predicted octanol–water partition coefficient (Wildman–Crippen LogP) is 4.22. The van der Waals surface area contributed by atoms with Crippen molar-refractivity contribution in [3.05, 3.63) is 77.1 Å². The number of oxazole rings is 1. The highest BCUT2D eigenvalue weighted by Crippen LogP contribution is 2.26. The average molecular weight is 444 g/mol. The van der Waals surface area contributed by atoms with E-state index in [1.165, 1.54) is 5.56 Å². The zero-order chi connectivity index (χ0) is 22.8. The molecule has 0 radical (unpaired) electrons. The van der Waals surface area contributed by atoms with Crippen LogP contribution in [0.4, 0.5) is 6.01 Å². The summed E-state index contributed by atoms with van der Waals surface area (Å²) in [4.78, 5) is 19.6. The lowest BCUT2D eigenvalue weighted by Crippen LogP contribution is -2.40. The molecule has 0 saturated carbocycles. The average Bonchev–Trinajstić information content (AvgIpc) is 3.39. The van der Waals surface area contributed by atoms with Gasteiger partial charge in [-0.3, -0.25) is 9.48 Å². The van der Waals surface area contributed by atoms with Gasteiger partial charge >= 0.3 is 0 Å². The van der Waals surface area contributed by atoms with Crippen molar-refractivity contribution in [1.29, 1.82) is 0 Å². The summed E-state index contributed by atoms with van der Waals surface area (Å²) < 4.78 is 7.90. The molecule has 4 aromatic rings. The Morgan fingerprint density at radius 1 is 1.06 bits per heavy atom. The minimum Gasteiger partial charge on any atom is -0.423 e.